The zero-order chi connectivity index (χ0) is 21.3. The number of benzene rings is 2. The predicted octanol–water partition coefficient (Wildman–Crippen LogP) is 3.37. The summed E-state index contributed by atoms with van der Waals surface area (Å²) in [6.45, 7) is 2.56. The van der Waals surface area contributed by atoms with Gasteiger partial charge >= 0.3 is 0 Å². The van der Waals surface area contributed by atoms with E-state index in [1.165, 1.54) is 0 Å². The number of likely N-dealkylation sites (N-methyl/N-ethyl adjacent to an activating group) is 1. The number of aryl methyl sites for hydroxylation is 1. The number of ether oxygens (including phenoxy) is 1. The van der Waals surface area contributed by atoms with Crippen molar-refractivity contribution in [1.29, 1.82) is 0 Å². The second-order valence-corrected chi connectivity index (χ2v) is 7.32. The van der Waals surface area contributed by atoms with Crippen molar-refractivity contribution < 1.29 is 14.6 Å². The van der Waals surface area contributed by atoms with Crippen molar-refractivity contribution in [3.63, 3.8) is 0 Å². The molecule has 0 saturated heterocycles. The smallest absolute Gasteiger partial charge is 0.239 e. The molecule has 1 unspecified atom stereocenters. The molecule has 2 aromatic carbocycles. The average Bonchev–Trinajstić information content (AvgIpc) is 2.73. The van der Waals surface area contributed by atoms with Crippen LogP contribution in [-0.4, -0.2) is 53.7 Å². The van der Waals surface area contributed by atoms with Crippen LogP contribution in [0.1, 0.15) is 5.56 Å². The molecule has 2 N–H and O–H groups in total. The largest absolute Gasteiger partial charge is 0.491 e. The second kappa shape index (κ2) is 10.5. The van der Waals surface area contributed by atoms with E-state index in [1.54, 1.807) is 18.1 Å². The van der Waals surface area contributed by atoms with Crippen LogP contribution >= 0.6 is 0 Å². The van der Waals surface area contributed by atoms with Gasteiger partial charge in [0.15, 0.2) is 0 Å². The van der Waals surface area contributed by atoms with Crippen LogP contribution in [0.5, 0.6) is 5.75 Å². The third kappa shape index (κ3) is 6.69. The lowest BCUT2D eigenvalue weighted by Crippen LogP contribution is -2.37. The highest BCUT2D eigenvalue weighted by Gasteiger charge is 2.13. The van der Waals surface area contributed by atoms with Crippen molar-refractivity contribution >= 4 is 11.7 Å². The van der Waals surface area contributed by atoms with Crippen LogP contribution in [0.25, 0.3) is 11.1 Å². The quantitative estimate of drug-likeness (QED) is 0.571. The molecule has 156 valence electrons. The number of aliphatic hydroxyl groups is 1. The van der Waals surface area contributed by atoms with Gasteiger partial charge in [0, 0.05) is 12.7 Å². The molecule has 1 atom stereocenters. The third-order valence-corrected chi connectivity index (χ3v) is 4.52. The van der Waals surface area contributed by atoms with Crippen molar-refractivity contribution in [2.24, 2.45) is 0 Å². The van der Waals surface area contributed by atoms with Crippen LogP contribution in [-0.2, 0) is 4.79 Å². The Hall–Kier alpha value is -3.22. The van der Waals surface area contributed by atoms with Crippen molar-refractivity contribution in [3.05, 3.63) is 78.5 Å². The Balaban J connectivity index is 1.41. The van der Waals surface area contributed by atoms with E-state index in [9.17, 15) is 9.90 Å². The maximum atomic E-state index is 12.1. The summed E-state index contributed by atoms with van der Waals surface area (Å²) in [4.78, 5) is 18.0. The van der Waals surface area contributed by atoms with Crippen LogP contribution in [0.2, 0.25) is 0 Å². The number of aliphatic hydroxyl groups excluding tert-OH is 1. The second-order valence-electron chi connectivity index (χ2n) is 7.32. The van der Waals surface area contributed by atoms with E-state index < -0.39 is 6.10 Å². The monoisotopic (exact) mass is 405 g/mol. The van der Waals surface area contributed by atoms with Gasteiger partial charge in [-0.15, -0.1) is 0 Å². The Morgan fingerprint density at radius 1 is 1.10 bits per heavy atom. The Morgan fingerprint density at radius 2 is 1.80 bits per heavy atom. The van der Waals surface area contributed by atoms with Crippen LogP contribution in [0, 0.1) is 6.92 Å². The fourth-order valence-electron chi connectivity index (χ4n) is 3.08. The first-order valence-corrected chi connectivity index (χ1v) is 9.87. The van der Waals surface area contributed by atoms with Gasteiger partial charge in [0.05, 0.1) is 6.54 Å². The van der Waals surface area contributed by atoms with Crippen LogP contribution in [0.4, 0.5) is 5.82 Å². The highest BCUT2D eigenvalue weighted by atomic mass is 16.5. The molecule has 0 saturated carbocycles. The number of carbonyl (C=O) groups is 1. The van der Waals surface area contributed by atoms with Gasteiger partial charge < -0.3 is 15.2 Å². The number of hydrogen-bond donors (Lipinski definition) is 2. The molecular formula is C24H27N3O3. The van der Waals surface area contributed by atoms with Crippen LogP contribution < -0.4 is 10.1 Å². The SMILES string of the molecule is Cc1ccnc(NC(=O)CN(C)CC(O)COc2ccc(-c3ccccc3)cc2)c1. The lowest BCUT2D eigenvalue weighted by molar-refractivity contribution is -0.117. The molecule has 6 nitrogen and oxygen atoms in total. The summed E-state index contributed by atoms with van der Waals surface area (Å²) < 4.78 is 5.69. The minimum atomic E-state index is -0.714. The summed E-state index contributed by atoms with van der Waals surface area (Å²) in [5.41, 5.74) is 3.28. The molecule has 3 rings (SSSR count). The van der Waals surface area contributed by atoms with E-state index in [2.05, 4.69) is 22.4 Å². The first-order valence-electron chi connectivity index (χ1n) is 9.87. The molecule has 0 aliphatic heterocycles. The van der Waals surface area contributed by atoms with E-state index in [-0.39, 0.29) is 19.1 Å². The number of nitrogens with zero attached hydrogens (tertiary/aromatic N) is 2. The minimum Gasteiger partial charge on any atom is -0.491 e. The van der Waals surface area contributed by atoms with Gasteiger partial charge in [0.2, 0.25) is 5.91 Å². The Kier molecular flexibility index (Phi) is 7.54. The molecule has 0 fully saturated rings. The van der Waals surface area contributed by atoms with Gasteiger partial charge in [-0.05, 0) is 54.9 Å². The molecule has 6 heteroatoms. The first kappa shape index (κ1) is 21.5. The molecular weight excluding hydrogens is 378 g/mol. The standard InChI is InChI=1S/C24H27N3O3/c1-18-12-13-25-23(14-18)26-24(29)16-27(2)15-21(28)17-30-22-10-8-20(9-11-22)19-6-4-3-5-7-19/h3-14,21,28H,15-17H2,1-2H3,(H,25,26,29). The molecule has 30 heavy (non-hydrogen) atoms. The van der Waals surface area contributed by atoms with E-state index >= 15 is 0 Å². The van der Waals surface area contributed by atoms with Crippen molar-refractivity contribution in [3.8, 4) is 16.9 Å². The van der Waals surface area contributed by atoms with Gasteiger partial charge in [0.1, 0.15) is 24.3 Å². The number of aromatic nitrogens is 1. The maximum absolute atomic E-state index is 12.1. The third-order valence-electron chi connectivity index (χ3n) is 4.52. The van der Waals surface area contributed by atoms with Gasteiger partial charge in [-0.1, -0.05) is 42.5 Å². The number of carbonyl (C=O) groups excluding carboxylic acids is 1. The normalized spacial score (nSPS) is 11.9. The van der Waals surface area contributed by atoms with Crippen molar-refractivity contribution in [2.45, 2.75) is 13.0 Å². The Labute approximate surface area is 177 Å². The number of nitrogens with one attached hydrogen (secondary N) is 1. The summed E-state index contributed by atoms with van der Waals surface area (Å²) >= 11 is 0. The van der Waals surface area contributed by atoms with Crippen LogP contribution in [0.15, 0.2) is 72.9 Å². The molecule has 3 aromatic rings. The molecule has 0 bridgehead atoms. The summed E-state index contributed by atoms with van der Waals surface area (Å²) in [6.07, 6.45) is 0.941. The lowest BCUT2D eigenvalue weighted by atomic mass is 10.1. The Morgan fingerprint density at radius 3 is 2.50 bits per heavy atom. The predicted molar refractivity (Wildman–Crippen MR) is 118 cm³/mol. The summed E-state index contributed by atoms with van der Waals surface area (Å²) in [5, 5.41) is 13.0. The first-order chi connectivity index (χ1) is 14.5. The summed E-state index contributed by atoms with van der Waals surface area (Å²) in [6, 6.07) is 21.6. The molecule has 0 spiro atoms. The summed E-state index contributed by atoms with van der Waals surface area (Å²) in [5.74, 6) is 1.04. The van der Waals surface area contributed by atoms with Crippen molar-refractivity contribution in [1.82, 2.24) is 9.88 Å². The number of anilines is 1. The molecule has 1 amide bonds. The zero-order valence-corrected chi connectivity index (χ0v) is 17.3. The number of amides is 1. The van der Waals surface area contributed by atoms with Gasteiger partial charge in [-0.3, -0.25) is 9.69 Å². The Bertz CT molecular complexity index is 945. The van der Waals surface area contributed by atoms with E-state index in [4.69, 9.17) is 4.74 Å². The minimum absolute atomic E-state index is 0.149. The van der Waals surface area contributed by atoms with Gasteiger partial charge in [-0.25, -0.2) is 4.98 Å². The molecule has 0 aliphatic rings. The average molecular weight is 405 g/mol. The maximum Gasteiger partial charge on any atom is 0.239 e. The van der Waals surface area contributed by atoms with Gasteiger partial charge in [0.25, 0.3) is 0 Å². The van der Waals surface area contributed by atoms with E-state index in [0.29, 0.717) is 18.1 Å². The highest BCUT2D eigenvalue weighted by molar-refractivity contribution is 5.91. The van der Waals surface area contributed by atoms with Crippen LogP contribution in [0.3, 0.4) is 0 Å². The molecule has 0 radical (unpaired) electrons. The van der Waals surface area contributed by atoms with Gasteiger partial charge in [-0.2, -0.15) is 0 Å². The van der Waals surface area contributed by atoms with E-state index in [0.717, 1.165) is 16.7 Å². The number of hydrogen-bond acceptors (Lipinski definition) is 5. The number of rotatable bonds is 9. The zero-order valence-electron chi connectivity index (χ0n) is 17.3. The lowest BCUT2D eigenvalue weighted by Gasteiger charge is -2.20. The number of pyridine rings is 1. The summed E-state index contributed by atoms with van der Waals surface area (Å²) in [7, 11) is 1.78. The topological polar surface area (TPSA) is 74.7 Å². The molecule has 1 heterocycles. The fraction of sp³-hybridized carbons (Fsp3) is 0.250. The molecule has 1 aromatic heterocycles. The fourth-order valence-corrected chi connectivity index (χ4v) is 3.08. The van der Waals surface area contributed by atoms with E-state index in [1.807, 2.05) is 61.5 Å². The molecule has 0 aliphatic carbocycles. The van der Waals surface area contributed by atoms with Crippen molar-refractivity contribution in [2.75, 3.05) is 32.1 Å². The highest BCUT2D eigenvalue weighted by Crippen LogP contribution is 2.22.